The van der Waals surface area contributed by atoms with Gasteiger partial charge in [0.25, 0.3) is 5.56 Å². The van der Waals surface area contributed by atoms with E-state index >= 15 is 0 Å². The summed E-state index contributed by atoms with van der Waals surface area (Å²) in [6, 6.07) is 0. The van der Waals surface area contributed by atoms with E-state index in [1.54, 1.807) is 27.7 Å². The molecule has 1 fully saturated rings. The van der Waals surface area contributed by atoms with Gasteiger partial charge >= 0.3 is 7.60 Å². The number of hydrogen-bond donors (Lipinski definition) is 4. The average molecular weight is 434 g/mol. The molecule has 1 aliphatic heterocycles. The van der Waals surface area contributed by atoms with Crippen LogP contribution in [-0.4, -0.2) is 61.9 Å². The van der Waals surface area contributed by atoms with Crippen molar-refractivity contribution in [2.24, 2.45) is 0 Å². The van der Waals surface area contributed by atoms with E-state index in [2.05, 4.69) is 9.97 Å². The van der Waals surface area contributed by atoms with Gasteiger partial charge < -0.3 is 34.1 Å². The third-order valence-corrected chi connectivity index (χ3v) is 7.17. The van der Waals surface area contributed by atoms with Crippen molar-refractivity contribution in [1.82, 2.24) is 9.97 Å². The molecule has 29 heavy (non-hydrogen) atoms. The molecule has 0 spiro atoms. The molecule has 0 radical (unpaired) electrons. The van der Waals surface area contributed by atoms with Gasteiger partial charge in [-0.25, -0.2) is 4.98 Å². The van der Waals surface area contributed by atoms with Gasteiger partial charge in [0.1, 0.15) is 24.0 Å². The third-order valence-electron chi connectivity index (χ3n) is 5.35. The molecule has 2 rings (SSSR count). The first-order valence-corrected chi connectivity index (χ1v) is 11.3. The van der Waals surface area contributed by atoms with Gasteiger partial charge in [0.05, 0.1) is 17.4 Å². The van der Waals surface area contributed by atoms with Crippen molar-refractivity contribution < 1.29 is 33.7 Å². The number of ether oxygens (including phenoxy) is 2. The predicted octanol–water partition coefficient (Wildman–Crippen LogP) is 1.38. The Morgan fingerprint density at radius 2 is 2.10 bits per heavy atom. The smallest absolute Gasteiger partial charge is 0.356 e. The summed E-state index contributed by atoms with van der Waals surface area (Å²) < 4.78 is 29.2. The molecule has 0 aliphatic carbocycles. The van der Waals surface area contributed by atoms with Crippen LogP contribution in [0.5, 0.6) is 0 Å². The van der Waals surface area contributed by atoms with Crippen LogP contribution >= 0.6 is 7.60 Å². The zero-order valence-electron chi connectivity index (χ0n) is 17.4. The molecule has 2 heterocycles. The molecule has 0 aromatic carbocycles. The number of methoxy groups -OCH3 is 1. The second-order valence-electron chi connectivity index (χ2n) is 7.58. The Balaban J connectivity index is 2.24. The summed E-state index contributed by atoms with van der Waals surface area (Å²) in [5.74, 6) is -1.49. The molecule has 1 saturated heterocycles. The monoisotopic (exact) mass is 434 g/mol. The number of H-pyrrole nitrogens is 1. The lowest BCUT2D eigenvalue weighted by atomic mass is 9.92. The van der Waals surface area contributed by atoms with Crippen LogP contribution in [0.2, 0.25) is 0 Å². The lowest BCUT2D eigenvalue weighted by Crippen LogP contribution is -2.39. The van der Waals surface area contributed by atoms with Gasteiger partial charge in [0.15, 0.2) is 5.85 Å². The fourth-order valence-corrected chi connectivity index (χ4v) is 4.77. The van der Waals surface area contributed by atoms with Crippen molar-refractivity contribution in [3.05, 3.63) is 27.9 Å². The maximum atomic E-state index is 12.4. The summed E-state index contributed by atoms with van der Waals surface area (Å²) in [5, 5.41) is 20.5. The number of aryl methyl sites for hydroxylation is 1. The predicted molar refractivity (Wildman–Crippen MR) is 105 cm³/mol. The fourth-order valence-electron chi connectivity index (χ4n) is 3.35. The van der Waals surface area contributed by atoms with E-state index < -0.39 is 43.5 Å². The van der Waals surface area contributed by atoms with Crippen molar-refractivity contribution in [1.29, 1.82) is 0 Å². The molecule has 0 saturated carbocycles. The lowest BCUT2D eigenvalue weighted by molar-refractivity contribution is -0.0502. The summed E-state index contributed by atoms with van der Waals surface area (Å²) >= 11 is 0. The van der Waals surface area contributed by atoms with Gasteiger partial charge in [-0.2, -0.15) is 0 Å². The van der Waals surface area contributed by atoms with Crippen LogP contribution < -0.4 is 5.56 Å². The van der Waals surface area contributed by atoms with Crippen LogP contribution in [0.3, 0.4) is 0 Å². The molecule has 1 aromatic heterocycles. The van der Waals surface area contributed by atoms with E-state index in [1.165, 1.54) is 13.3 Å². The minimum absolute atomic E-state index is 0.0706. The fraction of sp³-hybridized carbons (Fsp3) is 0.778. The van der Waals surface area contributed by atoms with E-state index in [9.17, 15) is 24.5 Å². The van der Waals surface area contributed by atoms with Crippen LogP contribution in [0, 0.1) is 6.92 Å². The van der Waals surface area contributed by atoms with Crippen LogP contribution in [-0.2, 0) is 18.6 Å². The van der Waals surface area contributed by atoms with Crippen molar-refractivity contribution >= 4 is 7.60 Å². The molecule has 1 aliphatic rings. The summed E-state index contributed by atoms with van der Waals surface area (Å²) in [4.78, 5) is 28.5. The molecule has 0 bridgehead atoms. The van der Waals surface area contributed by atoms with Gasteiger partial charge in [0.2, 0.25) is 0 Å². The Kier molecular flexibility index (Phi) is 7.78. The Morgan fingerprint density at radius 3 is 2.62 bits per heavy atom. The Bertz CT molecular complexity index is 802. The van der Waals surface area contributed by atoms with Crippen LogP contribution in [0.25, 0.3) is 0 Å². The highest BCUT2D eigenvalue weighted by Gasteiger charge is 2.49. The molecular formula is C18H31N2O8P. The first-order chi connectivity index (χ1) is 13.5. The van der Waals surface area contributed by atoms with E-state index in [0.717, 1.165) is 0 Å². The summed E-state index contributed by atoms with van der Waals surface area (Å²) in [7, 11) is -2.84. The minimum atomic E-state index is -4.27. The molecular weight excluding hydrogens is 403 g/mol. The van der Waals surface area contributed by atoms with Crippen molar-refractivity contribution in [3.8, 4) is 0 Å². The largest absolute Gasteiger partial charge is 0.388 e. The van der Waals surface area contributed by atoms with Gasteiger partial charge in [-0.3, -0.25) is 9.36 Å². The maximum Gasteiger partial charge on any atom is 0.356 e. The molecule has 0 amide bonds. The zero-order valence-corrected chi connectivity index (χ0v) is 18.3. The Morgan fingerprint density at radius 1 is 1.45 bits per heavy atom. The molecule has 10 nitrogen and oxygen atoms in total. The first-order valence-electron chi connectivity index (χ1n) is 9.61. The SMILES string of the molecule is CCC(O)P(=O)(O)OC(C)(CC)C[C@H]1O[C@@H](c2c[nH]c(=O)c(C)n2)[C@@H](OC)C1O. The third kappa shape index (κ3) is 5.32. The first kappa shape index (κ1) is 24.1. The number of aromatic nitrogens is 2. The second kappa shape index (κ2) is 9.34. The highest BCUT2D eigenvalue weighted by molar-refractivity contribution is 7.53. The van der Waals surface area contributed by atoms with Gasteiger partial charge in [0, 0.05) is 19.7 Å². The van der Waals surface area contributed by atoms with Crippen molar-refractivity contribution in [3.63, 3.8) is 0 Å². The topological polar surface area (TPSA) is 151 Å². The van der Waals surface area contributed by atoms with Crippen molar-refractivity contribution in [2.75, 3.05) is 7.11 Å². The molecule has 11 heteroatoms. The molecule has 166 valence electrons. The Labute approximate surface area is 169 Å². The highest BCUT2D eigenvalue weighted by atomic mass is 31.2. The van der Waals surface area contributed by atoms with Crippen LogP contribution in [0.1, 0.15) is 57.5 Å². The lowest BCUT2D eigenvalue weighted by Gasteiger charge is -2.34. The van der Waals surface area contributed by atoms with E-state index in [0.29, 0.717) is 12.1 Å². The number of aromatic amines is 1. The standard InChI is InChI=1S/C18H31N2O8P/c1-6-13(21)29(24,25)28-18(4,7-2)8-12-14(22)16(26-5)15(27-12)11-9-19-17(23)10(3)20-11/h9,12-16,21-22H,6-8H2,1-5H3,(H,19,23)(H,24,25)/t12-,13?,14?,15+,16+,18?/m1/s1. The number of aliphatic hydroxyl groups excluding tert-OH is 2. The number of nitrogens with one attached hydrogen (secondary N) is 1. The second-order valence-corrected chi connectivity index (χ2v) is 9.48. The summed E-state index contributed by atoms with van der Waals surface area (Å²) in [6.45, 7) is 6.55. The quantitative estimate of drug-likeness (QED) is 0.423. The Hall–Kier alpha value is -1.13. The number of aliphatic hydroxyl groups is 2. The van der Waals surface area contributed by atoms with E-state index in [4.69, 9.17) is 14.0 Å². The van der Waals surface area contributed by atoms with Gasteiger partial charge in [-0.1, -0.05) is 13.8 Å². The highest BCUT2D eigenvalue weighted by Crippen LogP contribution is 2.53. The van der Waals surface area contributed by atoms with E-state index in [-0.39, 0.29) is 24.1 Å². The number of hydrogen-bond acceptors (Lipinski definition) is 8. The maximum absolute atomic E-state index is 12.4. The van der Waals surface area contributed by atoms with E-state index in [1.807, 2.05) is 0 Å². The van der Waals surface area contributed by atoms with Crippen LogP contribution in [0.4, 0.5) is 0 Å². The number of nitrogens with zero attached hydrogens (tertiary/aromatic N) is 1. The average Bonchev–Trinajstić information content (AvgIpc) is 2.97. The molecule has 7 atom stereocenters. The number of rotatable bonds is 9. The normalized spacial score (nSPS) is 29.9. The van der Waals surface area contributed by atoms with Crippen molar-refractivity contribution in [2.45, 2.75) is 82.8 Å². The minimum Gasteiger partial charge on any atom is -0.388 e. The van der Waals surface area contributed by atoms with Gasteiger partial charge in [-0.15, -0.1) is 0 Å². The van der Waals surface area contributed by atoms with Gasteiger partial charge in [-0.05, 0) is 26.7 Å². The van der Waals surface area contributed by atoms with Crippen LogP contribution in [0.15, 0.2) is 11.0 Å². The summed E-state index contributed by atoms with van der Waals surface area (Å²) in [6.07, 6.45) is -1.40. The molecule has 4 unspecified atom stereocenters. The molecule has 1 aromatic rings. The summed E-state index contributed by atoms with van der Waals surface area (Å²) in [5.41, 5.74) is -0.787. The molecule has 4 N–H and O–H groups in total. The zero-order chi connectivity index (χ0) is 22.0.